The van der Waals surface area contributed by atoms with E-state index >= 15 is 0 Å². The van der Waals surface area contributed by atoms with Crippen LogP contribution in [-0.4, -0.2) is 43.5 Å². The lowest BCUT2D eigenvalue weighted by molar-refractivity contribution is -0.126. The molecule has 0 aliphatic heterocycles. The fourth-order valence-corrected chi connectivity index (χ4v) is 3.47. The molecule has 0 N–H and O–H groups in total. The molecular weight excluding hydrogens is 250 g/mol. The second-order valence-electron chi connectivity index (χ2n) is 6.17. The van der Waals surface area contributed by atoms with Crippen molar-refractivity contribution in [1.29, 1.82) is 0 Å². The Morgan fingerprint density at radius 1 is 1.30 bits per heavy atom. The number of carbonyl (C=O) groups is 1. The molecule has 0 radical (unpaired) electrons. The van der Waals surface area contributed by atoms with Gasteiger partial charge in [-0.2, -0.15) is 0 Å². The van der Waals surface area contributed by atoms with Crippen LogP contribution in [0.4, 0.5) is 0 Å². The first-order chi connectivity index (χ1) is 9.65. The highest BCUT2D eigenvalue weighted by atomic mass is 16.5. The third-order valence-corrected chi connectivity index (χ3v) is 4.95. The molecule has 0 aromatic carbocycles. The number of hydrogen-bond donors (Lipinski definition) is 0. The standard InChI is InChI=1S/C17H33NO2/c1-5-14-8-9-17(19)15(12-14)13-18(10-11-20-4)16(6-2)7-3/h14-16H,5-13H2,1-4H3. The number of ketones is 1. The molecule has 20 heavy (non-hydrogen) atoms. The van der Waals surface area contributed by atoms with Crippen molar-refractivity contribution in [2.45, 2.75) is 65.3 Å². The number of ether oxygens (including phenoxy) is 1. The van der Waals surface area contributed by atoms with E-state index < -0.39 is 0 Å². The van der Waals surface area contributed by atoms with E-state index in [1.54, 1.807) is 7.11 Å². The summed E-state index contributed by atoms with van der Waals surface area (Å²) in [7, 11) is 1.75. The molecule has 0 aromatic rings. The molecule has 0 saturated heterocycles. The minimum atomic E-state index is 0.256. The highest BCUT2D eigenvalue weighted by molar-refractivity contribution is 5.81. The van der Waals surface area contributed by atoms with E-state index in [-0.39, 0.29) is 5.92 Å². The molecule has 0 aromatic heterocycles. The monoisotopic (exact) mass is 283 g/mol. The van der Waals surface area contributed by atoms with E-state index in [1.165, 1.54) is 6.42 Å². The van der Waals surface area contributed by atoms with E-state index in [0.717, 1.165) is 57.7 Å². The van der Waals surface area contributed by atoms with Gasteiger partial charge in [0, 0.05) is 38.6 Å². The number of carbonyl (C=O) groups excluding carboxylic acids is 1. The summed E-state index contributed by atoms with van der Waals surface area (Å²) in [6, 6.07) is 0.583. The zero-order valence-electron chi connectivity index (χ0n) is 13.9. The second kappa shape index (κ2) is 9.51. The van der Waals surface area contributed by atoms with Gasteiger partial charge in [-0.05, 0) is 31.6 Å². The third-order valence-electron chi connectivity index (χ3n) is 4.95. The Morgan fingerprint density at radius 2 is 2.00 bits per heavy atom. The maximum atomic E-state index is 12.2. The summed E-state index contributed by atoms with van der Waals surface area (Å²) in [5, 5.41) is 0. The Kier molecular flexibility index (Phi) is 8.39. The van der Waals surface area contributed by atoms with Crippen molar-refractivity contribution in [1.82, 2.24) is 4.90 Å². The van der Waals surface area contributed by atoms with Crippen LogP contribution in [-0.2, 0) is 9.53 Å². The lowest BCUT2D eigenvalue weighted by Gasteiger charge is -2.36. The minimum absolute atomic E-state index is 0.256. The van der Waals surface area contributed by atoms with Crippen LogP contribution in [0, 0.1) is 11.8 Å². The van der Waals surface area contributed by atoms with Gasteiger partial charge in [-0.15, -0.1) is 0 Å². The lowest BCUT2D eigenvalue weighted by Crippen LogP contribution is -2.43. The van der Waals surface area contributed by atoms with Gasteiger partial charge in [0.2, 0.25) is 0 Å². The summed E-state index contributed by atoms with van der Waals surface area (Å²) in [4.78, 5) is 14.7. The van der Waals surface area contributed by atoms with Crippen molar-refractivity contribution in [3.05, 3.63) is 0 Å². The van der Waals surface area contributed by atoms with Gasteiger partial charge in [-0.25, -0.2) is 0 Å². The van der Waals surface area contributed by atoms with Gasteiger partial charge in [0.15, 0.2) is 0 Å². The number of hydrogen-bond acceptors (Lipinski definition) is 3. The average Bonchev–Trinajstić information content (AvgIpc) is 2.47. The molecule has 0 heterocycles. The maximum Gasteiger partial charge on any atom is 0.137 e. The third kappa shape index (κ3) is 5.17. The van der Waals surface area contributed by atoms with Crippen LogP contribution in [0.1, 0.15) is 59.3 Å². The Labute approximate surface area is 125 Å². The number of methoxy groups -OCH3 is 1. The van der Waals surface area contributed by atoms with Crippen molar-refractivity contribution in [3.63, 3.8) is 0 Å². The summed E-state index contributed by atoms with van der Waals surface area (Å²) in [5.74, 6) is 1.50. The summed E-state index contributed by atoms with van der Waals surface area (Å²) in [6.07, 6.45) is 6.52. The van der Waals surface area contributed by atoms with Crippen molar-refractivity contribution in [2.75, 3.05) is 26.8 Å². The zero-order chi connectivity index (χ0) is 15.0. The molecule has 0 bridgehead atoms. The number of Topliss-reactive ketones (excluding diaryl/α,β-unsaturated/α-hetero) is 1. The SMILES string of the molecule is CCC1CCC(=O)C(CN(CCOC)C(CC)CC)C1. The van der Waals surface area contributed by atoms with Crippen molar-refractivity contribution in [2.24, 2.45) is 11.8 Å². The molecule has 2 atom stereocenters. The highest BCUT2D eigenvalue weighted by Crippen LogP contribution is 2.29. The van der Waals surface area contributed by atoms with Crippen LogP contribution < -0.4 is 0 Å². The van der Waals surface area contributed by atoms with Crippen LogP contribution in [0.5, 0.6) is 0 Å². The maximum absolute atomic E-state index is 12.2. The second-order valence-corrected chi connectivity index (χ2v) is 6.17. The van der Waals surface area contributed by atoms with Crippen molar-refractivity contribution < 1.29 is 9.53 Å². The minimum Gasteiger partial charge on any atom is -0.383 e. The van der Waals surface area contributed by atoms with Gasteiger partial charge in [0.05, 0.1) is 6.61 Å². The lowest BCUT2D eigenvalue weighted by atomic mass is 9.79. The van der Waals surface area contributed by atoms with Gasteiger partial charge in [0.25, 0.3) is 0 Å². The molecule has 0 amide bonds. The molecule has 2 unspecified atom stereocenters. The molecule has 118 valence electrons. The molecule has 3 heteroatoms. The molecule has 1 aliphatic carbocycles. The zero-order valence-corrected chi connectivity index (χ0v) is 13.9. The largest absolute Gasteiger partial charge is 0.383 e. The van der Waals surface area contributed by atoms with E-state index in [9.17, 15) is 4.79 Å². The molecule has 1 rings (SSSR count). The predicted octanol–water partition coefficient (Wildman–Crippen LogP) is 3.52. The fraction of sp³-hybridized carbons (Fsp3) is 0.941. The topological polar surface area (TPSA) is 29.5 Å². The first-order valence-electron chi connectivity index (χ1n) is 8.41. The van der Waals surface area contributed by atoms with E-state index in [2.05, 4.69) is 25.7 Å². The predicted molar refractivity (Wildman–Crippen MR) is 83.9 cm³/mol. The quantitative estimate of drug-likeness (QED) is 0.648. The van der Waals surface area contributed by atoms with E-state index in [0.29, 0.717) is 11.8 Å². The Bertz CT molecular complexity index is 276. The number of rotatable bonds is 9. The van der Waals surface area contributed by atoms with Gasteiger partial charge in [0.1, 0.15) is 5.78 Å². The first-order valence-corrected chi connectivity index (χ1v) is 8.41. The normalized spacial score (nSPS) is 23.8. The summed E-state index contributed by atoms with van der Waals surface area (Å²) in [6.45, 7) is 9.38. The van der Waals surface area contributed by atoms with Crippen molar-refractivity contribution >= 4 is 5.78 Å². The van der Waals surface area contributed by atoms with Gasteiger partial charge in [-0.3, -0.25) is 9.69 Å². The number of nitrogens with zero attached hydrogens (tertiary/aromatic N) is 1. The first kappa shape index (κ1) is 17.6. The van der Waals surface area contributed by atoms with E-state index in [1.807, 2.05) is 0 Å². The van der Waals surface area contributed by atoms with Gasteiger partial charge in [-0.1, -0.05) is 27.2 Å². The Hall–Kier alpha value is -0.410. The van der Waals surface area contributed by atoms with Crippen LogP contribution in [0.2, 0.25) is 0 Å². The molecule has 1 saturated carbocycles. The molecule has 0 spiro atoms. The molecule has 1 aliphatic rings. The molecule has 1 fully saturated rings. The smallest absolute Gasteiger partial charge is 0.137 e. The van der Waals surface area contributed by atoms with Crippen LogP contribution >= 0.6 is 0 Å². The summed E-state index contributed by atoms with van der Waals surface area (Å²) >= 11 is 0. The molecular formula is C17H33NO2. The van der Waals surface area contributed by atoms with Crippen LogP contribution in [0.3, 0.4) is 0 Å². The van der Waals surface area contributed by atoms with Crippen LogP contribution in [0.15, 0.2) is 0 Å². The Balaban J connectivity index is 2.63. The average molecular weight is 283 g/mol. The van der Waals surface area contributed by atoms with Crippen LogP contribution in [0.25, 0.3) is 0 Å². The Morgan fingerprint density at radius 3 is 2.55 bits per heavy atom. The van der Waals surface area contributed by atoms with E-state index in [4.69, 9.17) is 4.74 Å². The summed E-state index contributed by atoms with van der Waals surface area (Å²) in [5.41, 5.74) is 0. The fourth-order valence-electron chi connectivity index (χ4n) is 3.47. The highest BCUT2D eigenvalue weighted by Gasteiger charge is 2.30. The van der Waals surface area contributed by atoms with Gasteiger partial charge >= 0.3 is 0 Å². The van der Waals surface area contributed by atoms with Gasteiger partial charge < -0.3 is 4.74 Å². The molecule has 3 nitrogen and oxygen atoms in total. The summed E-state index contributed by atoms with van der Waals surface area (Å²) < 4.78 is 5.24. The van der Waals surface area contributed by atoms with Crippen molar-refractivity contribution in [3.8, 4) is 0 Å².